The first kappa shape index (κ1) is 21.1. The number of hydrogen-bond donors (Lipinski definition) is 2. The van der Waals surface area contributed by atoms with E-state index in [-0.39, 0.29) is 17.3 Å². The highest BCUT2D eigenvalue weighted by Crippen LogP contribution is 2.29. The van der Waals surface area contributed by atoms with E-state index >= 15 is 0 Å². The molecule has 31 heavy (non-hydrogen) atoms. The van der Waals surface area contributed by atoms with Crippen molar-refractivity contribution in [2.24, 2.45) is 5.73 Å². The summed E-state index contributed by atoms with van der Waals surface area (Å²) in [5.74, 6) is -0.822. The Bertz CT molecular complexity index is 1060. The van der Waals surface area contributed by atoms with Crippen molar-refractivity contribution < 1.29 is 9.59 Å². The molecule has 0 unspecified atom stereocenters. The second-order valence-corrected chi connectivity index (χ2v) is 8.34. The molecule has 0 bridgehead atoms. The van der Waals surface area contributed by atoms with Crippen LogP contribution in [0.3, 0.4) is 0 Å². The summed E-state index contributed by atoms with van der Waals surface area (Å²) in [6, 6.07) is 13.7. The predicted octanol–water partition coefficient (Wildman–Crippen LogP) is 2.37. The van der Waals surface area contributed by atoms with Crippen LogP contribution in [-0.4, -0.2) is 49.6 Å². The van der Waals surface area contributed by atoms with Crippen molar-refractivity contribution in [2.75, 3.05) is 42.6 Å². The average Bonchev–Trinajstić information content (AvgIpc) is 3.18. The fraction of sp³-hybridized carbons (Fsp3) is 0.304. The van der Waals surface area contributed by atoms with E-state index in [1.165, 1.54) is 0 Å². The van der Waals surface area contributed by atoms with Gasteiger partial charge in [0.25, 0.3) is 11.8 Å². The van der Waals surface area contributed by atoms with E-state index in [0.717, 1.165) is 22.5 Å². The van der Waals surface area contributed by atoms with Gasteiger partial charge in [-0.2, -0.15) is 0 Å². The van der Waals surface area contributed by atoms with Gasteiger partial charge < -0.3 is 25.8 Å². The largest absolute Gasteiger partial charge is 0.368 e. The van der Waals surface area contributed by atoms with Gasteiger partial charge in [-0.15, -0.1) is 0 Å². The summed E-state index contributed by atoms with van der Waals surface area (Å²) >= 11 is 6.10. The maximum absolute atomic E-state index is 13.3. The fourth-order valence-corrected chi connectivity index (χ4v) is 4.39. The number of nitrogens with two attached hydrogens (primary N) is 1. The minimum absolute atomic E-state index is 0.202. The smallest absolute Gasteiger partial charge is 0.272 e. The maximum Gasteiger partial charge on any atom is 0.272 e. The Hall–Kier alpha value is -3.19. The van der Waals surface area contributed by atoms with E-state index in [0.29, 0.717) is 37.9 Å². The monoisotopic (exact) mass is 439 g/mol. The standard InChI is InChI=1S/C23H26ClN5O2/c1-15-6-7-19(16(2)12-15)29-14-26-20(21(29)22(25)30)23(31)28-10-8-27(9-11-28)18-5-3-4-17(24)13-18/h3-7,12-13,26H,8-11,14H2,1-2H3,(H2,25,30). The van der Waals surface area contributed by atoms with Gasteiger partial charge in [-0.05, 0) is 43.7 Å². The molecule has 0 radical (unpaired) electrons. The molecule has 0 spiro atoms. The molecule has 0 aliphatic carbocycles. The summed E-state index contributed by atoms with van der Waals surface area (Å²) in [4.78, 5) is 31.3. The third-order valence-corrected chi connectivity index (χ3v) is 5.99. The van der Waals surface area contributed by atoms with Crippen LogP contribution >= 0.6 is 11.6 Å². The molecule has 162 valence electrons. The van der Waals surface area contributed by atoms with Crippen LogP contribution < -0.4 is 20.9 Å². The van der Waals surface area contributed by atoms with Crippen molar-refractivity contribution in [1.29, 1.82) is 0 Å². The highest BCUT2D eigenvalue weighted by molar-refractivity contribution is 6.30. The molecule has 2 aliphatic heterocycles. The van der Waals surface area contributed by atoms with E-state index < -0.39 is 5.91 Å². The predicted molar refractivity (Wildman–Crippen MR) is 123 cm³/mol. The number of nitrogens with one attached hydrogen (secondary N) is 1. The Balaban J connectivity index is 1.53. The Morgan fingerprint density at radius 3 is 2.42 bits per heavy atom. The molecule has 1 saturated heterocycles. The first-order valence-electron chi connectivity index (χ1n) is 10.3. The zero-order valence-electron chi connectivity index (χ0n) is 17.7. The first-order valence-corrected chi connectivity index (χ1v) is 10.7. The van der Waals surface area contributed by atoms with Crippen molar-refractivity contribution in [3.63, 3.8) is 0 Å². The maximum atomic E-state index is 13.3. The lowest BCUT2D eigenvalue weighted by molar-refractivity contribution is -0.128. The number of halogens is 1. The van der Waals surface area contributed by atoms with Gasteiger partial charge in [0.2, 0.25) is 0 Å². The van der Waals surface area contributed by atoms with Gasteiger partial charge in [0.15, 0.2) is 0 Å². The summed E-state index contributed by atoms with van der Waals surface area (Å²) in [6.45, 7) is 6.79. The number of benzene rings is 2. The molecule has 4 rings (SSSR count). The van der Waals surface area contributed by atoms with Gasteiger partial charge in [-0.3, -0.25) is 9.59 Å². The van der Waals surface area contributed by atoms with Crippen LogP contribution in [0.25, 0.3) is 0 Å². The van der Waals surface area contributed by atoms with E-state index in [1.54, 1.807) is 9.80 Å². The van der Waals surface area contributed by atoms with E-state index in [4.69, 9.17) is 17.3 Å². The summed E-state index contributed by atoms with van der Waals surface area (Å²) in [5, 5.41) is 3.80. The molecule has 2 amide bonds. The van der Waals surface area contributed by atoms with E-state index in [1.807, 2.05) is 56.3 Å². The van der Waals surface area contributed by atoms with Crippen molar-refractivity contribution in [3.05, 3.63) is 70.0 Å². The van der Waals surface area contributed by atoms with Crippen LogP contribution in [0.5, 0.6) is 0 Å². The number of rotatable bonds is 4. The summed E-state index contributed by atoms with van der Waals surface area (Å²) in [6.07, 6.45) is 0. The molecule has 8 heteroatoms. The molecular formula is C23H26ClN5O2. The molecule has 2 aliphatic rings. The van der Waals surface area contributed by atoms with Crippen LogP contribution in [0.15, 0.2) is 53.9 Å². The number of amides is 2. The Morgan fingerprint density at radius 1 is 1.03 bits per heavy atom. The summed E-state index contributed by atoms with van der Waals surface area (Å²) in [7, 11) is 0. The normalized spacial score (nSPS) is 16.5. The third-order valence-electron chi connectivity index (χ3n) is 5.75. The molecule has 2 aromatic rings. The second kappa shape index (κ2) is 8.51. The molecule has 0 atom stereocenters. The van der Waals surface area contributed by atoms with Gasteiger partial charge in [0.05, 0.1) is 6.67 Å². The highest BCUT2D eigenvalue weighted by atomic mass is 35.5. The van der Waals surface area contributed by atoms with Crippen molar-refractivity contribution in [1.82, 2.24) is 10.2 Å². The minimum Gasteiger partial charge on any atom is -0.368 e. The second-order valence-electron chi connectivity index (χ2n) is 7.90. The number of nitrogens with zero attached hydrogens (tertiary/aromatic N) is 3. The number of hydrogen-bond acceptors (Lipinski definition) is 5. The van der Waals surface area contributed by atoms with Gasteiger partial charge in [0.1, 0.15) is 11.4 Å². The van der Waals surface area contributed by atoms with Gasteiger partial charge >= 0.3 is 0 Å². The van der Waals surface area contributed by atoms with Gasteiger partial charge in [-0.1, -0.05) is 35.4 Å². The lowest BCUT2D eigenvalue weighted by Crippen LogP contribution is -2.50. The zero-order valence-corrected chi connectivity index (χ0v) is 18.4. The molecular weight excluding hydrogens is 414 g/mol. The minimum atomic E-state index is -0.620. The van der Waals surface area contributed by atoms with Crippen molar-refractivity contribution in [2.45, 2.75) is 13.8 Å². The number of primary amides is 1. The number of aryl methyl sites for hydroxylation is 2. The molecule has 2 heterocycles. The molecule has 3 N–H and O–H groups in total. The Morgan fingerprint density at radius 2 is 1.77 bits per heavy atom. The van der Waals surface area contributed by atoms with Crippen LogP contribution in [0.2, 0.25) is 5.02 Å². The molecule has 0 saturated carbocycles. The van der Waals surface area contributed by atoms with Gasteiger partial charge in [0, 0.05) is 42.6 Å². The van der Waals surface area contributed by atoms with E-state index in [2.05, 4.69) is 10.2 Å². The van der Waals surface area contributed by atoms with E-state index in [9.17, 15) is 9.59 Å². The molecule has 0 aromatic heterocycles. The lowest BCUT2D eigenvalue weighted by atomic mass is 10.1. The average molecular weight is 440 g/mol. The van der Waals surface area contributed by atoms with Crippen molar-refractivity contribution >= 4 is 34.8 Å². The topological polar surface area (TPSA) is 81.9 Å². The number of carbonyl (C=O) groups excluding carboxylic acids is 2. The summed E-state index contributed by atoms with van der Waals surface area (Å²) in [5.41, 5.74) is 10.2. The van der Waals surface area contributed by atoms with Crippen LogP contribution in [-0.2, 0) is 9.59 Å². The number of anilines is 2. The Labute approximate surface area is 187 Å². The quantitative estimate of drug-likeness (QED) is 0.764. The number of carbonyl (C=O) groups is 2. The molecule has 2 aromatic carbocycles. The fourth-order valence-electron chi connectivity index (χ4n) is 4.20. The van der Waals surface area contributed by atoms with Crippen LogP contribution in [0.1, 0.15) is 11.1 Å². The SMILES string of the molecule is Cc1ccc(N2CNC(C(=O)N3CCN(c4cccc(Cl)c4)CC3)=C2C(N)=O)c(C)c1. The number of piperazine rings is 1. The molecule has 7 nitrogen and oxygen atoms in total. The first-order chi connectivity index (χ1) is 14.8. The summed E-state index contributed by atoms with van der Waals surface area (Å²) < 4.78 is 0. The lowest BCUT2D eigenvalue weighted by Gasteiger charge is -2.36. The highest BCUT2D eigenvalue weighted by Gasteiger charge is 2.35. The van der Waals surface area contributed by atoms with Gasteiger partial charge in [-0.25, -0.2) is 0 Å². The third kappa shape index (κ3) is 4.18. The molecule has 1 fully saturated rings. The van der Waals surface area contributed by atoms with Crippen molar-refractivity contribution in [3.8, 4) is 0 Å². The van der Waals surface area contributed by atoms with Crippen LogP contribution in [0, 0.1) is 13.8 Å². The zero-order chi connectivity index (χ0) is 22.1. The Kier molecular flexibility index (Phi) is 5.78. The van der Waals surface area contributed by atoms with Crippen LogP contribution in [0.4, 0.5) is 11.4 Å².